The number of β-amino-alcohol motifs (C(OH)–C–C–N with tert-alkyl or cyclic N) is 2. The molecular weight excluding hydrogens is 258 g/mol. The number of nitrogens with zero attached hydrogens (tertiary/aromatic N) is 1. The molecule has 0 bridgehead atoms. The molecule has 0 unspecified atom stereocenters. The van der Waals surface area contributed by atoms with Crippen LogP contribution >= 0.6 is 0 Å². The molecule has 1 saturated heterocycles. The van der Waals surface area contributed by atoms with Crippen molar-refractivity contribution in [3.63, 3.8) is 0 Å². The van der Waals surface area contributed by atoms with E-state index >= 15 is 0 Å². The van der Waals surface area contributed by atoms with Gasteiger partial charge < -0.3 is 19.8 Å². The summed E-state index contributed by atoms with van der Waals surface area (Å²) in [7, 11) is 0. The number of rotatable bonds is 4. The first kappa shape index (κ1) is 14.8. The molecule has 1 fully saturated rings. The van der Waals surface area contributed by atoms with Crippen molar-refractivity contribution in [1.29, 1.82) is 0 Å². The lowest BCUT2D eigenvalue weighted by atomic mass is 10.0. The Labute approximate surface area is 118 Å². The van der Waals surface area contributed by atoms with E-state index < -0.39 is 12.2 Å². The molecule has 1 aliphatic rings. The molecule has 2 atom stereocenters. The van der Waals surface area contributed by atoms with Gasteiger partial charge in [0.2, 0.25) is 0 Å². The molecule has 0 spiro atoms. The van der Waals surface area contributed by atoms with Gasteiger partial charge in [0.15, 0.2) is 6.61 Å². The Morgan fingerprint density at radius 1 is 1.25 bits per heavy atom. The average molecular weight is 279 g/mol. The van der Waals surface area contributed by atoms with Crippen LogP contribution in [0.4, 0.5) is 0 Å². The van der Waals surface area contributed by atoms with Crippen LogP contribution in [0.1, 0.15) is 25.3 Å². The second-order valence-corrected chi connectivity index (χ2v) is 5.45. The Balaban J connectivity index is 1.84. The van der Waals surface area contributed by atoms with E-state index in [1.54, 1.807) is 0 Å². The van der Waals surface area contributed by atoms with Crippen molar-refractivity contribution in [2.75, 3.05) is 19.7 Å². The number of hydrogen-bond donors (Lipinski definition) is 2. The number of hydrogen-bond acceptors (Lipinski definition) is 4. The van der Waals surface area contributed by atoms with Crippen LogP contribution in [0, 0.1) is 0 Å². The highest BCUT2D eigenvalue weighted by atomic mass is 16.5. The molecule has 1 aromatic rings. The first-order valence-corrected chi connectivity index (χ1v) is 6.84. The quantitative estimate of drug-likeness (QED) is 0.853. The summed E-state index contributed by atoms with van der Waals surface area (Å²) < 4.78 is 5.43. The van der Waals surface area contributed by atoms with Gasteiger partial charge in [-0.1, -0.05) is 26.0 Å². The van der Waals surface area contributed by atoms with Crippen LogP contribution in [-0.4, -0.2) is 52.9 Å². The highest BCUT2D eigenvalue weighted by Crippen LogP contribution is 2.19. The minimum Gasteiger partial charge on any atom is -0.484 e. The SMILES string of the molecule is CC(C)c1ccc(OCC(=O)N2C[C@@H](O)[C@@H](O)C2)cc1. The summed E-state index contributed by atoms with van der Waals surface area (Å²) in [6, 6.07) is 7.65. The maximum absolute atomic E-state index is 11.9. The van der Waals surface area contributed by atoms with E-state index in [0.29, 0.717) is 11.7 Å². The van der Waals surface area contributed by atoms with Crippen LogP contribution in [0.2, 0.25) is 0 Å². The van der Waals surface area contributed by atoms with Gasteiger partial charge >= 0.3 is 0 Å². The van der Waals surface area contributed by atoms with Crippen molar-refractivity contribution < 1.29 is 19.7 Å². The Morgan fingerprint density at radius 3 is 2.30 bits per heavy atom. The lowest BCUT2D eigenvalue weighted by Crippen LogP contribution is -2.33. The third-order valence-electron chi connectivity index (χ3n) is 3.52. The number of aliphatic hydroxyl groups excluding tert-OH is 2. The van der Waals surface area contributed by atoms with Crippen LogP contribution < -0.4 is 4.74 Å². The lowest BCUT2D eigenvalue weighted by Gasteiger charge is -2.16. The Kier molecular flexibility index (Phi) is 4.62. The normalized spacial score (nSPS) is 22.4. The van der Waals surface area contributed by atoms with E-state index in [9.17, 15) is 15.0 Å². The first-order chi connectivity index (χ1) is 9.47. The molecule has 110 valence electrons. The molecule has 2 N–H and O–H groups in total. The summed E-state index contributed by atoms with van der Waals surface area (Å²) in [6.07, 6.45) is -1.71. The Morgan fingerprint density at radius 2 is 1.80 bits per heavy atom. The van der Waals surface area contributed by atoms with Gasteiger partial charge in [0, 0.05) is 13.1 Å². The van der Waals surface area contributed by atoms with Gasteiger partial charge in [0.05, 0.1) is 12.2 Å². The summed E-state index contributed by atoms with van der Waals surface area (Å²) in [5, 5.41) is 18.8. The van der Waals surface area contributed by atoms with Crippen LogP contribution in [-0.2, 0) is 4.79 Å². The maximum atomic E-state index is 11.9. The molecule has 5 nitrogen and oxygen atoms in total. The van der Waals surface area contributed by atoms with Gasteiger partial charge in [0.25, 0.3) is 5.91 Å². The van der Waals surface area contributed by atoms with Gasteiger partial charge in [-0.3, -0.25) is 4.79 Å². The minimum atomic E-state index is -0.857. The predicted octanol–water partition coefficient (Wildman–Crippen LogP) is 0.753. The molecule has 5 heteroatoms. The topological polar surface area (TPSA) is 70.0 Å². The zero-order valence-electron chi connectivity index (χ0n) is 11.8. The highest BCUT2D eigenvalue weighted by molar-refractivity contribution is 5.78. The van der Waals surface area contributed by atoms with Crippen molar-refractivity contribution >= 4 is 5.91 Å². The highest BCUT2D eigenvalue weighted by Gasteiger charge is 2.32. The third kappa shape index (κ3) is 3.49. The number of amides is 1. The van der Waals surface area contributed by atoms with E-state index in [-0.39, 0.29) is 25.6 Å². The average Bonchev–Trinajstić information content (AvgIpc) is 2.76. The number of likely N-dealkylation sites (tertiary alicyclic amines) is 1. The summed E-state index contributed by atoms with van der Waals surface area (Å²) in [6.45, 7) is 4.47. The van der Waals surface area contributed by atoms with Gasteiger partial charge in [-0.25, -0.2) is 0 Å². The van der Waals surface area contributed by atoms with Crippen molar-refractivity contribution in [3.05, 3.63) is 29.8 Å². The monoisotopic (exact) mass is 279 g/mol. The molecule has 0 saturated carbocycles. The summed E-state index contributed by atoms with van der Waals surface area (Å²) >= 11 is 0. The van der Waals surface area contributed by atoms with Crippen LogP contribution in [0.25, 0.3) is 0 Å². The number of aliphatic hydroxyl groups is 2. The molecule has 0 aliphatic carbocycles. The summed E-state index contributed by atoms with van der Waals surface area (Å²) in [5.41, 5.74) is 1.22. The fourth-order valence-electron chi connectivity index (χ4n) is 2.16. The lowest BCUT2D eigenvalue weighted by molar-refractivity contribution is -0.132. The Bertz CT molecular complexity index is 447. The summed E-state index contributed by atoms with van der Waals surface area (Å²) in [4.78, 5) is 13.3. The predicted molar refractivity (Wildman–Crippen MR) is 74.6 cm³/mol. The van der Waals surface area contributed by atoms with Crippen molar-refractivity contribution in [1.82, 2.24) is 4.90 Å². The molecular formula is C15H21NO4. The molecule has 2 rings (SSSR count). The number of benzene rings is 1. The summed E-state index contributed by atoms with van der Waals surface area (Å²) in [5.74, 6) is 0.870. The number of carbonyl (C=O) groups excluding carboxylic acids is 1. The molecule has 1 heterocycles. The van der Waals surface area contributed by atoms with Crippen molar-refractivity contribution in [2.24, 2.45) is 0 Å². The maximum Gasteiger partial charge on any atom is 0.260 e. The van der Waals surface area contributed by atoms with Crippen LogP contribution in [0.3, 0.4) is 0 Å². The van der Waals surface area contributed by atoms with Gasteiger partial charge in [0.1, 0.15) is 5.75 Å². The molecule has 1 aliphatic heterocycles. The number of carbonyl (C=O) groups is 1. The van der Waals surface area contributed by atoms with E-state index in [1.807, 2.05) is 24.3 Å². The zero-order valence-corrected chi connectivity index (χ0v) is 11.8. The van der Waals surface area contributed by atoms with E-state index in [1.165, 1.54) is 10.5 Å². The first-order valence-electron chi connectivity index (χ1n) is 6.84. The van der Waals surface area contributed by atoms with Gasteiger partial charge in [-0.15, -0.1) is 0 Å². The third-order valence-corrected chi connectivity index (χ3v) is 3.52. The molecule has 1 amide bonds. The minimum absolute atomic E-state index is 0.0829. The molecule has 0 radical (unpaired) electrons. The fourth-order valence-corrected chi connectivity index (χ4v) is 2.16. The number of ether oxygens (including phenoxy) is 1. The standard InChI is InChI=1S/C15H21NO4/c1-10(2)11-3-5-12(6-4-11)20-9-15(19)16-7-13(17)14(18)8-16/h3-6,10,13-14,17-18H,7-9H2,1-2H3/t13-,14+. The molecule has 0 aromatic heterocycles. The molecule has 1 aromatic carbocycles. The smallest absolute Gasteiger partial charge is 0.260 e. The van der Waals surface area contributed by atoms with Crippen LogP contribution in [0.15, 0.2) is 24.3 Å². The second kappa shape index (κ2) is 6.24. The second-order valence-electron chi connectivity index (χ2n) is 5.45. The van der Waals surface area contributed by atoms with Crippen molar-refractivity contribution in [3.8, 4) is 5.75 Å². The van der Waals surface area contributed by atoms with E-state index in [4.69, 9.17) is 4.74 Å². The van der Waals surface area contributed by atoms with E-state index in [2.05, 4.69) is 13.8 Å². The zero-order chi connectivity index (χ0) is 14.7. The fraction of sp³-hybridized carbons (Fsp3) is 0.533. The van der Waals surface area contributed by atoms with Crippen molar-refractivity contribution in [2.45, 2.75) is 32.0 Å². The largest absolute Gasteiger partial charge is 0.484 e. The Hall–Kier alpha value is -1.59. The van der Waals surface area contributed by atoms with Gasteiger partial charge in [-0.05, 0) is 23.6 Å². The molecule has 20 heavy (non-hydrogen) atoms. The van der Waals surface area contributed by atoms with Gasteiger partial charge in [-0.2, -0.15) is 0 Å². The van der Waals surface area contributed by atoms with Crippen LogP contribution in [0.5, 0.6) is 5.75 Å². The van der Waals surface area contributed by atoms with E-state index in [0.717, 1.165) is 0 Å².